The molecule has 0 atom stereocenters. The molecule has 0 bridgehead atoms. The SMILES string of the molecule is Cl.NCC1CCN(Cc2cc(Cl)c3c(c2)OCCO3)CC1. The van der Waals surface area contributed by atoms with E-state index in [2.05, 4.69) is 11.0 Å². The van der Waals surface area contributed by atoms with Crippen molar-refractivity contribution in [3.8, 4) is 11.5 Å². The molecule has 6 heteroatoms. The Balaban J connectivity index is 0.00000161. The molecule has 2 N–H and O–H groups in total. The van der Waals surface area contributed by atoms with E-state index in [-0.39, 0.29) is 12.4 Å². The number of piperidine rings is 1. The van der Waals surface area contributed by atoms with Crippen molar-refractivity contribution in [3.05, 3.63) is 22.7 Å². The molecule has 21 heavy (non-hydrogen) atoms. The predicted octanol–water partition coefficient (Wildman–Crippen LogP) is 2.70. The number of nitrogens with two attached hydrogens (primary N) is 1. The minimum absolute atomic E-state index is 0. The second kappa shape index (κ2) is 7.54. The first-order chi connectivity index (χ1) is 9.76. The molecular formula is C15H22Cl2N2O2. The van der Waals surface area contributed by atoms with Gasteiger partial charge in [0.25, 0.3) is 0 Å². The Hall–Kier alpha value is -0.680. The number of fused-ring (bicyclic) bond motifs is 1. The number of nitrogens with zero attached hydrogens (tertiary/aromatic N) is 1. The van der Waals surface area contributed by atoms with Crippen molar-refractivity contribution in [2.24, 2.45) is 11.7 Å². The van der Waals surface area contributed by atoms with Gasteiger partial charge in [-0.05, 0) is 56.1 Å². The number of rotatable bonds is 3. The summed E-state index contributed by atoms with van der Waals surface area (Å²) < 4.78 is 11.2. The standard InChI is InChI=1S/C15H21ClN2O2.ClH/c16-13-7-12(8-14-15(13)20-6-5-19-14)10-18-3-1-11(9-17)2-4-18;/h7-8,11H,1-6,9-10,17H2;1H. The van der Waals surface area contributed by atoms with Crippen LogP contribution < -0.4 is 15.2 Å². The molecule has 4 nitrogen and oxygen atoms in total. The molecule has 1 fully saturated rings. The summed E-state index contributed by atoms with van der Waals surface area (Å²) in [6.07, 6.45) is 2.38. The molecule has 1 saturated heterocycles. The Morgan fingerprint density at radius 2 is 1.90 bits per heavy atom. The van der Waals surface area contributed by atoms with Gasteiger partial charge in [0.05, 0.1) is 5.02 Å². The van der Waals surface area contributed by atoms with E-state index in [1.54, 1.807) is 0 Å². The van der Waals surface area contributed by atoms with Crippen molar-refractivity contribution >= 4 is 24.0 Å². The van der Waals surface area contributed by atoms with E-state index in [1.165, 1.54) is 18.4 Å². The van der Waals surface area contributed by atoms with E-state index in [9.17, 15) is 0 Å². The molecule has 0 saturated carbocycles. The summed E-state index contributed by atoms with van der Waals surface area (Å²) in [6, 6.07) is 4.04. The fourth-order valence-corrected chi connectivity index (χ4v) is 3.18. The van der Waals surface area contributed by atoms with Crippen LogP contribution in [0.4, 0.5) is 0 Å². The molecule has 0 aliphatic carbocycles. The monoisotopic (exact) mass is 332 g/mol. The normalized spacial score (nSPS) is 19.1. The number of ether oxygens (including phenoxy) is 2. The first-order valence-corrected chi connectivity index (χ1v) is 7.64. The highest BCUT2D eigenvalue weighted by molar-refractivity contribution is 6.32. The van der Waals surface area contributed by atoms with Crippen LogP contribution >= 0.6 is 24.0 Å². The summed E-state index contributed by atoms with van der Waals surface area (Å²) in [5, 5.41) is 0.647. The smallest absolute Gasteiger partial charge is 0.179 e. The van der Waals surface area contributed by atoms with E-state index in [0.29, 0.717) is 29.9 Å². The third-order valence-corrected chi connectivity index (χ3v) is 4.38. The highest BCUT2D eigenvalue weighted by Crippen LogP contribution is 2.38. The van der Waals surface area contributed by atoms with Crippen molar-refractivity contribution in [2.45, 2.75) is 19.4 Å². The van der Waals surface area contributed by atoms with Gasteiger partial charge in [-0.3, -0.25) is 4.90 Å². The predicted molar refractivity (Wildman–Crippen MR) is 86.7 cm³/mol. The van der Waals surface area contributed by atoms with Crippen LogP contribution in [0.3, 0.4) is 0 Å². The second-order valence-electron chi connectivity index (χ2n) is 5.56. The largest absolute Gasteiger partial charge is 0.486 e. The molecule has 0 amide bonds. The number of hydrogen-bond acceptors (Lipinski definition) is 4. The van der Waals surface area contributed by atoms with Crippen molar-refractivity contribution < 1.29 is 9.47 Å². The molecule has 3 rings (SSSR count). The van der Waals surface area contributed by atoms with Crippen molar-refractivity contribution in [2.75, 3.05) is 32.8 Å². The van der Waals surface area contributed by atoms with Gasteiger partial charge in [0.15, 0.2) is 11.5 Å². The maximum Gasteiger partial charge on any atom is 0.179 e. The Bertz CT molecular complexity index is 477. The fourth-order valence-electron chi connectivity index (χ4n) is 2.89. The van der Waals surface area contributed by atoms with Gasteiger partial charge >= 0.3 is 0 Å². The Labute approximate surface area is 136 Å². The lowest BCUT2D eigenvalue weighted by atomic mass is 9.97. The highest BCUT2D eigenvalue weighted by Gasteiger charge is 2.20. The molecule has 1 aromatic carbocycles. The van der Waals surface area contributed by atoms with Crippen LogP contribution in [0.25, 0.3) is 0 Å². The Morgan fingerprint density at radius 3 is 2.62 bits per heavy atom. The molecular weight excluding hydrogens is 311 g/mol. The van der Waals surface area contributed by atoms with Gasteiger partial charge in [-0.25, -0.2) is 0 Å². The highest BCUT2D eigenvalue weighted by atomic mass is 35.5. The topological polar surface area (TPSA) is 47.7 Å². The van der Waals surface area contributed by atoms with Gasteiger partial charge in [0.1, 0.15) is 13.2 Å². The minimum atomic E-state index is 0. The van der Waals surface area contributed by atoms with Gasteiger partial charge in [0, 0.05) is 6.54 Å². The molecule has 2 heterocycles. The first-order valence-electron chi connectivity index (χ1n) is 7.26. The molecule has 0 unspecified atom stereocenters. The van der Waals surface area contributed by atoms with Crippen LogP contribution in [0.2, 0.25) is 5.02 Å². The zero-order valence-electron chi connectivity index (χ0n) is 12.0. The number of likely N-dealkylation sites (tertiary alicyclic amines) is 1. The summed E-state index contributed by atoms with van der Waals surface area (Å²) >= 11 is 6.27. The van der Waals surface area contributed by atoms with Gasteiger partial charge in [0.2, 0.25) is 0 Å². The number of halogens is 2. The molecule has 0 aromatic heterocycles. The first kappa shape index (κ1) is 16.7. The third kappa shape index (κ3) is 3.95. The summed E-state index contributed by atoms with van der Waals surface area (Å²) in [7, 11) is 0. The van der Waals surface area contributed by atoms with Crippen LogP contribution in [0.1, 0.15) is 18.4 Å². The average Bonchev–Trinajstić information content (AvgIpc) is 2.48. The zero-order chi connectivity index (χ0) is 13.9. The van der Waals surface area contributed by atoms with Crippen molar-refractivity contribution in [1.29, 1.82) is 0 Å². The zero-order valence-corrected chi connectivity index (χ0v) is 13.6. The Morgan fingerprint density at radius 1 is 1.19 bits per heavy atom. The van der Waals surface area contributed by atoms with Gasteiger partial charge in [-0.15, -0.1) is 12.4 Å². The lowest BCUT2D eigenvalue weighted by Gasteiger charge is -2.31. The third-order valence-electron chi connectivity index (χ3n) is 4.10. The lowest BCUT2D eigenvalue weighted by molar-refractivity contribution is 0.168. The van der Waals surface area contributed by atoms with E-state index < -0.39 is 0 Å². The maximum absolute atomic E-state index is 6.27. The minimum Gasteiger partial charge on any atom is -0.486 e. The van der Waals surface area contributed by atoms with Crippen LogP contribution in [0.5, 0.6) is 11.5 Å². The fraction of sp³-hybridized carbons (Fsp3) is 0.600. The van der Waals surface area contributed by atoms with Crippen molar-refractivity contribution in [1.82, 2.24) is 4.90 Å². The molecule has 0 spiro atoms. The van der Waals surface area contributed by atoms with Crippen LogP contribution in [-0.2, 0) is 6.54 Å². The summed E-state index contributed by atoms with van der Waals surface area (Å²) in [5.74, 6) is 2.15. The van der Waals surface area contributed by atoms with E-state index >= 15 is 0 Å². The Kier molecular flexibility index (Phi) is 5.99. The molecule has 118 valence electrons. The summed E-state index contributed by atoms with van der Waals surface area (Å²) in [6.45, 7) is 5.09. The van der Waals surface area contributed by atoms with Gasteiger partial charge in [-0.2, -0.15) is 0 Å². The number of hydrogen-bond donors (Lipinski definition) is 1. The van der Waals surface area contributed by atoms with Crippen molar-refractivity contribution in [3.63, 3.8) is 0 Å². The summed E-state index contributed by atoms with van der Waals surface area (Å²) in [4.78, 5) is 2.45. The quantitative estimate of drug-likeness (QED) is 0.924. The van der Waals surface area contributed by atoms with E-state index in [1.807, 2.05) is 6.07 Å². The van der Waals surface area contributed by atoms with E-state index in [4.69, 9.17) is 26.8 Å². The van der Waals surface area contributed by atoms with Crippen LogP contribution in [0, 0.1) is 5.92 Å². The molecule has 0 radical (unpaired) electrons. The maximum atomic E-state index is 6.27. The van der Waals surface area contributed by atoms with Gasteiger partial charge < -0.3 is 15.2 Å². The second-order valence-corrected chi connectivity index (χ2v) is 5.96. The molecule has 2 aliphatic rings. The lowest BCUT2D eigenvalue weighted by Crippen LogP contribution is -2.35. The number of benzene rings is 1. The van der Waals surface area contributed by atoms with Crippen LogP contribution in [-0.4, -0.2) is 37.7 Å². The van der Waals surface area contributed by atoms with E-state index in [0.717, 1.165) is 31.9 Å². The van der Waals surface area contributed by atoms with Crippen LogP contribution in [0.15, 0.2) is 12.1 Å². The summed E-state index contributed by atoms with van der Waals surface area (Å²) in [5.41, 5.74) is 6.92. The van der Waals surface area contributed by atoms with Gasteiger partial charge in [-0.1, -0.05) is 11.6 Å². The average molecular weight is 333 g/mol. The molecule has 1 aromatic rings. The molecule has 2 aliphatic heterocycles.